The van der Waals surface area contributed by atoms with Gasteiger partial charge < -0.3 is 9.47 Å². The molecule has 0 aromatic rings. The first-order valence-electron chi connectivity index (χ1n) is 12.2. The van der Waals surface area contributed by atoms with E-state index in [0.29, 0.717) is 0 Å². The van der Waals surface area contributed by atoms with Gasteiger partial charge in [-0.25, -0.2) is 0 Å². The highest BCUT2D eigenvalue weighted by atomic mass is 17.0. The highest BCUT2D eigenvalue weighted by molar-refractivity contribution is 5.02. The zero-order chi connectivity index (χ0) is 18.3. The van der Waals surface area contributed by atoms with Crippen molar-refractivity contribution in [3.05, 3.63) is 0 Å². The molecule has 2 fully saturated rings. The van der Waals surface area contributed by atoms with Crippen LogP contribution < -0.4 is 0 Å². The zero-order valence-corrected chi connectivity index (χ0v) is 17.7. The SMILES string of the molecule is CCCCCCCCCCCCCCCCCCCCCCC12OC1O2. The van der Waals surface area contributed by atoms with Crippen molar-refractivity contribution in [3.63, 3.8) is 0 Å². The third-order valence-electron chi connectivity index (χ3n) is 6.24. The molecule has 154 valence electrons. The van der Waals surface area contributed by atoms with E-state index in [2.05, 4.69) is 6.92 Å². The summed E-state index contributed by atoms with van der Waals surface area (Å²) < 4.78 is 10.6. The monoisotopic (exact) mass is 366 g/mol. The molecule has 0 aliphatic carbocycles. The summed E-state index contributed by atoms with van der Waals surface area (Å²) in [5.41, 5.74) is 0. The van der Waals surface area contributed by atoms with Crippen LogP contribution in [0.2, 0.25) is 0 Å². The number of rotatable bonds is 21. The summed E-state index contributed by atoms with van der Waals surface area (Å²) in [6.45, 7) is 2.30. The van der Waals surface area contributed by atoms with Crippen LogP contribution in [0.25, 0.3) is 0 Å². The quantitative estimate of drug-likeness (QED) is 0.151. The topological polar surface area (TPSA) is 25.1 Å². The standard InChI is InChI=1S/C24H46O2/c1-2-3-4-5-6-7-8-9-10-11-12-13-14-15-16-17-18-19-20-21-22-24-23(25-24)26-24/h23H,2-22H2,1H3. The number of hydrogen-bond donors (Lipinski definition) is 0. The molecule has 2 nitrogen and oxygen atoms in total. The predicted molar refractivity (Wildman–Crippen MR) is 111 cm³/mol. The highest BCUT2D eigenvalue weighted by Gasteiger charge is 2.76. The lowest BCUT2D eigenvalue weighted by molar-refractivity contribution is -0.0542. The molecule has 0 saturated carbocycles. The van der Waals surface area contributed by atoms with Crippen molar-refractivity contribution in [2.24, 2.45) is 0 Å². The van der Waals surface area contributed by atoms with Gasteiger partial charge in [0, 0.05) is 6.42 Å². The van der Waals surface area contributed by atoms with Crippen LogP contribution in [-0.4, -0.2) is 12.1 Å². The Bertz CT molecular complexity index is 322. The molecule has 0 radical (unpaired) electrons. The molecular weight excluding hydrogens is 320 g/mol. The van der Waals surface area contributed by atoms with Crippen LogP contribution in [0, 0.1) is 0 Å². The van der Waals surface area contributed by atoms with Crippen molar-refractivity contribution in [2.75, 3.05) is 0 Å². The van der Waals surface area contributed by atoms with E-state index < -0.39 is 0 Å². The summed E-state index contributed by atoms with van der Waals surface area (Å²) in [5.74, 6) is -0.0474. The van der Waals surface area contributed by atoms with Gasteiger partial charge in [0.2, 0.25) is 12.1 Å². The van der Waals surface area contributed by atoms with Crippen LogP contribution in [0.3, 0.4) is 0 Å². The number of fused-ring (bicyclic) bond motifs is 1. The lowest BCUT2D eigenvalue weighted by Gasteiger charge is -2.04. The predicted octanol–water partition coefficient (Wildman–Crippen LogP) is 8.28. The molecule has 0 atom stereocenters. The summed E-state index contributed by atoms with van der Waals surface area (Å²) in [6, 6.07) is 0. The first-order chi connectivity index (χ1) is 12.9. The number of ether oxygens (including phenoxy) is 2. The van der Waals surface area contributed by atoms with Gasteiger partial charge in [-0.1, -0.05) is 129 Å². The minimum absolute atomic E-state index is 0.0474. The van der Waals surface area contributed by atoms with E-state index in [0.717, 1.165) is 6.42 Å². The van der Waals surface area contributed by atoms with Crippen LogP contribution in [-0.2, 0) is 9.47 Å². The number of hydrogen-bond acceptors (Lipinski definition) is 2. The van der Waals surface area contributed by atoms with Gasteiger partial charge in [-0.3, -0.25) is 0 Å². The molecule has 2 rings (SSSR count). The van der Waals surface area contributed by atoms with Crippen molar-refractivity contribution in [2.45, 2.75) is 154 Å². The van der Waals surface area contributed by atoms with Crippen molar-refractivity contribution in [3.8, 4) is 0 Å². The Labute approximate surface area is 163 Å². The van der Waals surface area contributed by atoms with E-state index in [9.17, 15) is 0 Å². The number of epoxide rings is 2. The van der Waals surface area contributed by atoms with Gasteiger partial charge in [0.05, 0.1) is 0 Å². The fraction of sp³-hybridized carbons (Fsp3) is 1.00. The van der Waals surface area contributed by atoms with Gasteiger partial charge >= 0.3 is 0 Å². The zero-order valence-electron chi connectivity index (χ0n) is 17.7. The van der Waals surface area contributed by atoms with Gasteiger partial charge in [-0.2, -0.15) is 0 Å². The maximum atomic E-state index is 5.31. The van der Waals surface area contributed by atoms with Crippen molar-refractivity contribution in [1.82, 2.24) is 0 Å². The van der Waals surface area contributed by atoms with E-state index in [1.807, 2.05) is 0 Å². The second kappa shape index (κ2) is 14.0. The van der Waals surface area contributed by atoms with Gasteiger partial charge in [0.25, 0.3) is 0 Å². The first-order valence-corrected chi connectivity index (χ1v) is 12.2. The van der Waals surface area contributed by atoms with Crippen molar-refractivity contribution >= 4 is 0 Å². The van der Waals surface area contributed by atoms with Crippen LogP contribution in [0.5, 0.6) is 0 Å². The van der Waals surface area contributed by atoms with Gasteiger partial charge in [0.15, 0.2) is 0 Å². The molecule has 2 heteroatoms. The van der Waals surface area contributed by atoms with Gasteiger partial charge in [-0.05, 0) is 6.42 Å². The Morgan fingerprint density at radius 3 is 1.00 bits per heavy atom. The smallest absolute Gasteiger partial charge is 0.225 e. The van der Waals surface area contributed by atoms with E-state index in [1.165, 1.54) is 128 Å². The second-order valence-electron chi connectivity index (χ2n) is 8.85. The molecule has 0 aromatic carbocycles. The molecule has 0 bridgehead atoms. The molecule has 0 unspecified atom stereocenters. The van der Waals surface area contributed by atoms with Crippen molar-refractivity contribution in [1.29, 1.82) is 0 Å². The Balaban J connectivity index is 1.15. The molecule has 2 heterocycles. The Hall–Kier alpha value is -0.0800. The normalized spacial score (nSPS) is 23.2. The highest BCUT2D eigenvalue weighted by Crippen LogP contribution is 2.59. The molecule has 26 heavy (non-hydrogen) atoms. The molecule has 2 saturated heterocycles. The molecule has 0 amide bonds. The summed E-state index contributed by atoms with van der Waals surface area (Å²) in [5, 5.41) is 0. The third-order valence-corrected chi connectivity index (χ3v) is 6.24. The van der Waals surface area contributed by atoms with Crippen molar-refractivity contribution < 1.29 is 9.47 Å². The Morgan fingerprint density at radius 2 is 0.731 bits per heavy atom. The Morgan fingerprint density at radius 1 is 0.462 bits per heavy atom. The fourth-order valence-corrected chi connectivity index (χ4v) is 4.17. The van der Waals surface area contributed by atoms with E-state index in [1.54, 1.807) is 0 Å². The van der Waals surface area contributed by atoms with Gasteiger partial charge in [0.1, 0.15) is 0 Å². The minimum atomic E-state index is -0.0474. The summed E-state index contributed by atoms with van der Waals surface area (Å²) in [4.78, 5) is 0. The summed E-state index contributed by atoms with van der Waals surface area (Å²) in [7, 11) is 0. The van der Waals surface area contributed by atoms with Crippen LogP contribution in [0.4, 0.5) is 0 Å². The average Bonchev–Trinajstić information content (AvgIpc) is 3.50. The third kappa shape index (κ3) is 10.3. The maximum Gasteiger partial charge on any atom is 0.225 e. The van der Waals surface area contributed by atoms with E-state index in [4.69, 9.17) is 9.47 Å². The molecule has 0 aromatic heterocycles. The van der Waals surface area contributed by atoms with E-state index >= 15 is 0 Å². The largest absolute Gasteiger partial charge is 0.310 e. The molecular formula is C24H46O2. The lowest BCUT2D eigenvalue weighted by Crippen LogP contribution is -1.97. The fourth-order valence-electron chi connectivity index (χ4n) is 4.17. The molecule has 2 aliphatic heterocycles. The summed E-state index contributed by atoms with van der Waals surface area (Å²) in [6.07, 6.45) is 30.2. The summed E-state index contributed by atoms with van der Waals surface area (Å²) >= 11 is 0. The minimum Gasteiger partial charge on any atom is -0.310 e. The Kier molecular flexibility index (Phi) is 12.0. The molecule has 2 aliphatic rings. The average molecular weight is 367 g/mol. The van der Waals surface area contributed by atoms with E-state index in [-0.39, 0.29) is 12.1 Å². The maximum absolute atomic E-state index is 5.31. The molecule has 0 spiro atoms. The molecule has 0 N–H and O–H groups in total. The first kappa shape index (κ1) is 22.2. The van der Waals surface area contributed by atoms with Crippen LogP contribution in [0.15, 0.2) is 0 Å². The lowest BCUT2D eigenvalue weighted by atomic mass is 10.0. The second-order valence-corrected chi connectivity index (χ2v) is 8.85. The van der Waals surface area contributed by atoms with Gasteiger partial charge in [-0.15, -0.1) is 0 Å². The van der Waals surface area contributed by atoms with Crippen LogP contribution >= 0.6 is 0 Å². The van der Waals surface area contributed by atoms with Crippen LogP contribution in [0.1, 0.15) is 142 Å². The number of unbranched alkanes of at least 4 members (excludes halogenated alkanes) is 19.